The summed E-state index contributed by atoms with van der Waals surface area (Å²) < 4.78 is 50.1. The van der Waals surface area contributed by atoms with E-state index in [1.807, 2.05) is 69.3 Å². The fourth-order valence-electron chi connectivity index (χ4n) is 7.30. The minimum atomic E-state index is -3.64. The Hall–Kier alpha value is -5.70. The van der Waals surface area contributed by atoms with E-state index in [0.29, 0.717) is 60.2 Å². The number of benzene rings is 4. The normalized spacial score (nSPS) is 13.7. The van der Waals surface area contributed by atoms with Crippen molar-refractivity contribution >= 4 is 49.7 Å². The number of ether oxygens (including phenoxy) is 4. The number of sulfonamides is 1. The van der Waals surface area contributed by atoms with Crippen LogP contribution in [-0.2, 0) is 26.6 Å². The van der Waals surface area contributed by atoms with Crippen molar-refractivity contribution in [1.29, 1.82) is 0 Å². The van der Waals surface area contributed by atoms with Gasteiger partial charge in [-0.2, -0.15) is 0 Å². The van der Waals surface area contributed by atoms with Gasteiger partial charge in [0.05, 0.1) is 56.3 Å². The van der Waals surface area contributed by atoms with E-state index in [9.17, 15) is 18.0 Å². The van der Waals surface area contributed by atoms with Gasteiger partial charge in [0.2, 0.25) is 10.0 Å². The topological polar surface area (TPSA) is 157 Å². The number of fused-ring (bicyclic) bond motifs is 1. The summed E-state index contributed by atoms with van der Waals surface area (Å²) in [6, 6.07) is 23.4. The number of carbonyl (C=O) groups excluding carboxylic acids is 2. The molecule has 4 aromatic carbocycles. The lowest BCUT2D eigenvalue weighted by molar-refractivity contribution is -0.0129. The number of nitrogens with zero attached hydrogens (tertiary/aromatic N) is 2. The predicted octanol–water partition coefficient (Wildman–Crippen LogP) is 9.02. The maximum Gasteiger partial charge on any atom is 0.323 e. The molecule has 2 heterocycles. The van der Waals surface area contributed by atoms with Crippen LogP contribution in [0.1, 0.15) is 74.6 Å². The zero-order valence-electron chi connectivity index (χ0n) is 35.6. The number of carbonyl (C=O) groups is 2. The molecule has 1 aliphatic rings. The average molecular weight is 838 g/mol. The molecular weight excluding hydrogens is 783 g/mol. The van der Waals surface area contributed by atoms with Crippen LogP contribution in [0.3, 0.4) is 0 Å². The molecule has 0 bridgehead atoms. The van der Waals surface area contributed by atoms with E-state index in [-0.39, 0.29) is 28.2 Å². The van der Waals surface area contributed by atoms with Crippen LogP contribution in [0, 0.1) is 0 Å². The first-order chi connectivity index (χ1) is 28.4. The summed E-state index contributed by atoms with van der Waals surface area (Å²) in [6.07, 6.45) is 4.38. The molecule has 6 rings (SSSR count). The number of rotatable bonds is 15. The lowest BCUT2D eigenvalue weighted by Gasteiger charge is -2.40. The molecule has 1 saturated heterocycles. The van der Waals surface area contributed by atoms with Gasteiger partial charge in [0.1, 0.15) is 17.2 Å². The molecule has 0 unspecified atom stereocenters. The molecule has 0 radical (unpaired) electrons. The second kappa shape index (κ2) is 18.3. The van der Waals surface area contributed by atoms with Crippen molar-refractivity contribution in [3.63, 3.8) is 0 Å². The Morgan fingerprint density at radius 2 is 1.52 bits per heavy atom. The van der Waals surface area contributed by atoms with Crippen molar-refractivity contribution in [2.45, 2.75) is 64.8 Å². The van der Waals surface area contributed by atoms with Gasteiger partial charge in [-0.25, -0.2) is 13.2 Å². The highest BCUT2D eigenvalue weighted by atomic mass is 32.2. The van der Waals surface area contributed by atoms with Gasteiger partial charge >= 0.3 is 6.03 Å². The molecule has 5 aromatic rings. The van der Waals surface area contributed by atoms with Crippen molar-refractivity contribution in [1.82, 2.24) is 9.88 Å². The Labute approximate surface area is 352 Å². The van der Waals surface area contributed by atoms with E-state index in [1.54, 1.807) is 43.6 Å². The highest BCUT2D eigenvalue weighted by molar-refractivity contribution is 7.92. The summed E-state index contributed by atoms with van der Waals surface area (Å²) in [7, 11) is -0.648. The summed E-state index contributed by atoms with van der Waals surface area (Å²) >= 11 is 0. The van der Waals surface area contributed by atoms with Crippen molar-refractivity contribution in [2.24, 2.45) is 0 Å². The summed E-state index contributed by atoms with van der Waals surface area (Å²) in [6.45, 7) is 13.5. The van der Waals surface area contributed by atoms with Crippen LogP contribution in [0.4, 0.5) is 21.9 Å². The van der Waals surface area contributed by atoms with Crippen molar-refractivity contribution in [2.75, 3.05) is 62.1 Å². The molecule has 3 N–H and O–H groups in total. The quantitative estimate of drug-likeness (QED) is 0.0870. The number of amides is 2. The SMILES string of the molecule is COc1cc(Cc2cc(Oc3ccc(NC(=O)Nc4cc(C(C)(C)C)cc(NS(C)(=O)=O)c4OC)c4ccccc34)ccn2)ccc1C(=O)CCC(C)(C)N1CCOCC1. The predicted molar refractivity (Wildman–Crippen MR) is 237 cm³/mol. The number of urea groups is 1. The van der Waals surface area contributed by atoms with Gasteiger partial charge in [0, 0.05) is 60.2 Å². The van der Waals surface area contributed by atoms with Gasteiger partial charge < -0.3 is 29.6 Å². The highest BCUT2D eigenvalue weighted by Crippen LogP contribution is 2.40. The van der Waals surface area contributed by atoms with Gasteiger partial charge in [0.25, 0.3) is 0 Å². The van der Waals surface area contributed by atoms with E-state index in [4.69, 9.17) is 18.9 Å². The Balaban J connectivity index is 1.16. The minimum absolute atomic E-state index is 0.0477. The fourth-order valence-corrected chi connectivity index (χ4v) is 7.86. The van der Waals surface area contributed by atoms with Crippen LogP contribution >= 0.6 is 0 Å². The van der Waals surface area contributed by atoms with E-state index < -0.39 is 16.1 Å². The summed E-state index contributed by atoms with van der Waals surface area (Å²) in [5.74, 6) is 1.91. The number of anilines is 3. The van der Waals surface area contributed by atoms with Crippen LogP contribution in [-0.4, -0.2) is 82.4 Å². The van der Waals surface area contributed by atoms with Crippen molar-refractivity contribution < 1.29 is 37.0 Å². The van der Waals surface area contributed by atoms with Crippen LogP contribution in [0.5, 0.6) is 23.0 Å². The number of methoxy groups -OCH3 is 2. The molecule has 1 aromatic heterocycles. The van der Waals surface area contributed by atoms with E-state index >= 15 is 0 Å². The number of nitrogens with one attached hydrogen (secondary N) is 3. The van der Waals surface area contributed by atoms with Gasteiger partial charge in [-0.1, -0.05) is 51.1 Å². The monoisotopic (exact) mass is 837 g/mol. The first-order valence-corrected chi connectivity index (χ1v) is 21.8. The molecule has 0 atom stereocenters. The first-order valence-electron chi connectivity index (χ1n) is 19.9. The number of pyridine rings is 1. The number of ketones is 1. The second-order valence-corrected chi connectivity index (χ2v) is 18.3. The largest absolute Gasteiger partial charge is 0.496 e. The number of hydrogen-bond donors (Lipinski definition) is 3. The van der Waals surface area contributed by atoms with Crippen LogP contribution in [0.15, 0.2) is 85.1 Å². The Morgan fingerprint density at radius 1 is 0.817 bits per heavy atom. The van der Waals surface area contributed by atoms with E-state index in [0.717, 1.165) is 53.4 Å². The zero-order valence-corrected chi connectivity index (χ0v) is 36.4. The molecule has 318 valence electrons. The molecule has 60 heavy (non-hydrogen) atoms. The van der Waals surface area contributed by atoms with Gasteiger partial charge in [-0.3, -0.25) is 19.4 Å². The third kappa shape index (κ3) is 10.9. The number of aromatic nitrogens is 1. The first kappa shape index (κ1) is 43.9. The zero-order chi connectivity index (χ0) is 43.2. The standard InChI is InChI=1S/C46H55N5O8S/c1-45(2,3)31-27-38(43(57-7)39(28-31)50-60(8,54)55)49-44(53)48-37-15-16-41(35-12-10-9-11-34(35)37)59-33-18-20-47-32(29-33)25-30-13-14-36(42(26-30)56-6)40(52)17-19-46(4,5)51-21-23-58-24-22-51/h9-16,18,20,26-29,50H,17,19,21-25H2,1-8H3,(H2,48,49,53). The summed E-state index contributed by atoms with van der Waals surface area (Å²) in [5.41, 5.74) is 3.62. The molecule has 0 aliphatic carbocycles. The average Bonchev–Trinajstić information content (AvgIpc) is 3.20. The Bertz CT molecular complexity index is 2480. The third-order valence-electron chi connectivity index (χ3n) is 10.6. The van der Waals surface area contributed by atoms with Crippen molar-refractivity contribution in [3.05, 3.63) is 107 Å². The smallest absolute Gasteiger partial charge is 0.323 e. The summed E-state index contributed by atoms with van der Waals surface area (Å²) in [4.78, 5) is 33.9. The molecule has 0 saturated carbocycles. The van der Waals surface area contributed by atoms with Gasteiger partial charge in [0.15, 0.2) is 11.5 Å². The van der Waals surface area contributed by atoms with Gasteiger partial charge in [-0.05, 0) is 79.3 Å². The van der Waals surface area contributed by atoms with Crippen LogP contribution in [0.25, 0.3) is 10.8 Å². The summed E-state index contributed by atoms with van der Waals surface area (Å²) in [5, 5.41) is 7.29. The third-order valence-corrected chi connectivity index (χ3v) is 11.2. The van der Waals surface area contributed by atoms with E-state index in [2.05, 4.69) is 39.1 Å². The molecule has 1 fully saturated rings. The lowest BCUT2D eigenvalue weighted by Crippen LogP contribution is -2.50. The lowest BCUT2D eigenvalue weighted by atomic mass is 9.86. The van der Waals surface area contributed by atoms with Gasteiger partial charge in [-0.15, -0.1) is 0 Å². The minimum Gasteiger partial charge on any atom is -0.496 e. The fraction of sp³-hybridized carbons (Fsp3) is 0.370. The van der Waals surface area contributed by atoms with Crippen LogP contribution < -0.4 is 29.6 Å². The molecule has 0 spiro atoms. The molecule has 1 aliphatic heterocycles. The molecule has 2 amide bonds. The Kier molecular flexibility index (Phi) is 13.4. The molecule has 13 nitrogen and oxygen atoms in total. The highest BCUT2D eigenvalue weighted by Gasteiger charge is 2.29. The molecule has 14 heteroatoms. The van der Waals surface area contributed by atoms with Crippen LogP contribution in [0.2, 0.25) is 0 Å². The Morgan fingerprint density at radius 3 is 2.20 bits per heavy atom. The number of Topliss-reactive ketones (excluding diaryl/α,β-unsaturated/α-hetero) is 1. The van der Waals surface area contributed by atoms with Crippen molar-refractivity contribution in [3.8, 4) is 23.0 Å². The number of hydrogen-bond acceptors (Lipinski definition) is 10. The maximum absolute atomic E-state index is 13.5. The second-order valence-electron chi connectivity index (χ2n) is 16.6. The molecular formula is C46H55N5O8S. The number of morpholine rings is 1. The van der Waals surface area contributed by atoms with E-state index in [1.165, 1.54) is 7.11 Å². The maximum atomic E-state index is 13.5.